The predicted octanol–water partition coefficient (Wildman–Crippen LogP) is 2.62. The molecule has 0 heterocycles. The maximum Gasteiger partial charge on any atom is 0.573 e. The number of thioether (sulfide) groups is 1. The van der Waals surface area contributed by atoms with Gasteiger partial charge in [-0.1, -0.05) is 12.1 Å². The number of carbonyl (C=O) groups is 1. The van der Waals surface area contributed by atoms with Crippen molar-refractivity contribution >= 4 is 17.7 Å². The summed E-state index contributed by atoms with van der Waals surface area (Å²) < 4.78 is 40.4. The molecule has 4 nitrogen and oxygen atoms in total. The molecule has 0 fully saturated rings. The lowest BCUT2D eigenvalue weighted by molar-refractivity contribution is -0.274. The Morgan fingerprint density at radius 3 is 2.73 bits per heavy atom. The van der Waals surface area contributed by atoms with Crippen molar-refractivity contribution in [2.75, 3.05) is 19.1 Å². The predicted molar refractivity (Wildman–Crippen MR) is 80.6 cm³/mol. The van der Waals surface area contributed by atoms with E-state index in [-0.39, 0.29) is 18.2 Å². The van der Waals surface area contributed by atoms with E-state index < -0.39 is 12.4 Å². The van der Waals surface area contributed by atoms with Gasteiger partial charge in [-0.25, -0.2) is 0 Å². The van der Waals surface area contributed by atoms with Crippen LogP contribution in [-0.4, -0.2) is 42.3 Å². The van der Waals surface area contributed by atoms with E-state index in [0.717, 1.165) is 5.75 Å². The minimum atomic E-state index is -4.74. The van der Waals surface area contributed by atoms with Crippen LogP contribution < -0.4 is 10.5 Å². The van der Waals surface area contributed by atoms with Crippen molar-refractivity contribution in [2.45, 2.75) is 25.4 Å². The second-order valence-electron chi connectivity index (χ2n) is 4.78. The van der Waals surface area contributed by atoms with Gasteiger partial charge in [0.1, 0.15) is 5.75 Å². The average Bonchev–Trinajstić information content (AvgIpc) is 2.42. The molecule has 22 heavy (non-hydrogen) atoms. The number of amides is 1. The van der Waals surface area contributed by atoms with Crippen LogP contribution in [0, 0.1) is 0 Å². The summed E-state index contributed by atoms with van der Waals surface area (Å²) in [6.45, 7) is 0.168. The van der Waals surface area contributed by atoms with Crippen LogP contribution in [0.5, 0.6) is 5.75 Å². The van der Waals surface area contributed by atoms with Gasteiger partial charge in [-0.2, -0.15) is 11.8 Å². The van der Waals surface area contributed by atoms with E-state index in [2.05, 4.69) is 4.74 Å². The fourth-order valence-corrected chi connectivity index (χ4v) is 2.33. The molecule has 8 heteroatoms. The second kappa shape index (κ2) is 8.28. The molecule has 0 saturated carbocycles. The van der Waals surface area contributed by atoms with E-state index in [4.69, 9.17) is 5.73 Å². The highest BCUT2D eigenvalue weighted by atomic mass is 32.2. The molecule has 0 saturated heterocycles. The summed E-state index contributed by atoms with van der Waals surface area (Å²) in [7, 11) is 1.57. The zero-order chi connectivity index (χ0) is 16.8. The standard InChI is InChI=1S/C14H19F3N2O2S/c1-19(13(20)12(18)6-7-22-2)9-10-4-3-5-11(8-10)21-14(15,16)17/h3-5,8,12H,6-7,9,18H2,1-2H3/t12-/m0/s1. The number of carbonyl (C=O) groups excluding carboxylic acids is 1. The van der Waals surface area contributed by atoms with Gasteiger partial charge in [-0.05, 0) is 36.1 Å². The van der Waals surface area contributed by atoms with Gasteiger partial charge in [0.25, 0.3) is 0 Å². The third-order valence-corrected chi connectivity index (χ3v) is 3.52. The first kappa shape index (κ1) is 18.6. The molecule has 0 bridgehead atoms. The van der Waals surface area contributed by atoms with Crippen LogP contribution in [0.1, 0.15) is 12.0 Å². The number of rotatable bonds is 7. The van der Waals surface area contributed by atoms with Crippen molar-refractivity contribution in [3.8, 4) is 5.75 Å². The van der Waals surface area contributed by atoms with Crippen molar-refractivity contribution < 1.29 is 22.7 Å². The van der Waals surface area contributed by atoms with Crippen molar-refractivity contribution in [1.82, 2.24) is 4.90 Å². The summed E-state index contributed by atoms with van der Waals surface area (Å²) in [6, 6.07) is 4.93. The van der Waals surface area contributed by atoms with Gasteiger partial charge in [0, 0.05) is 13.6 Å². The number of nitrogens with two attached hydrogens (primary N) is 1. The quantitative estimate of drug-likeness (QED) is 0.832. The van der Waals surface area contributed by atoms with E-state index in [1.165, 1.54) is 23.1 Å². The molecule has 1 aromatic carbocycles. The zero-order valence-corrected chi connectivity index (χ0v) is 13.2. The Hall–Kier alpha value is -1.41. The SMILES string of the molecule is CSCC[C@H](N)C(=O)N(C)Cc1cccc(OC(F)(F)F)c1. The molecule has 0 aliphatic rings. The van der Waals surface area contributed by atoms with E-state index in [1.54, 1.807) is 24.9 Å². The minimum absolute atomic E-state index is 0.168. The fraction of sp³-hybridized carbons (Fsp3) is 0.500. The fourth-order valence-electron chi connectivity index (χ4n) is 1.84. The van der Waals surface area contributed by atoms with Crippen LogP contribution in [-0.2, 0) is 11.3 Å². The third kappa shape index (κ3) is 6.57. The molecule has 2 N–H and O–H groups in total. The lowest BCUT2D eigenvalue weighted by atomic mass is 10.1. The van der Waals surface area contributed by atoms with Crippen LogP contribution in [0.2, 0.25) is 0 Å². The van der Waals surface area contributed by atoms with Gasteiger partial charge in [0.2, 0.25) is 5.91 Å². The first-order valence-electron chi connectivity index (χ1n) is 6.57. The van der Waals surface area contributed by atoms with Gasteiger partial charge < -0.3 is 15.4 Å². The number of halogens is 3. The maximum atomic E-state index is 12.2. The molecule has 0 aromatic heterocycles. The highest BCUT2D eigenvalue weighted by Gasteiger charge is 2.31. The summed E-state index contributed by atoms with van der Waals surface area (Å²) >= 11 is 1.60. The van der Waals surface area contributed by atoms with Crippen LogP contribution in [0.3, 0.4) is 0 Å². The van der Waals surface area contributed by atoms with Crippen LogP contribution in [0.4, 0.5) is 13.2 Å². The first-order valence-corrected chi connectivity index (χ1v) is 7.96. The van der Waals surface area contributed by atoms with Crippen LogP contribution in [0.15, 0.2) is 24.3 Å². The van der Waals surface area contributed by atoms with E-state index in [1.807, 2.05) is 6.26 Å². The van der Waals surface area contributed by atoms with Gasteiger partial charge in [0.15, 0.2) is 0 Å². The Bertz CT molecular complexity index is 497. The Kier molecular flexibility index (Phi) is 7.02. The normalized spacial score (nSPS) is 12.8. The summed E-state index contributed by atoms with van der Waals surface area (Å²) in [5, 5.41) is 0. The highest BCUT2D eigenvalue weighted by molar-refractivity contribution is 7.98. The summed E-state index contributed by atoms with van der Waals surface area (Å²) in [4.78, 5) is 13.4. The van der Waals surface area contributed by atoms with Gasteiger partial charge in [0.05, 0.1) is 6.04 Å². The van der Waals surface area contributed by atoms with Crippen LogP contribution in [0.25, 0.3) is 0 Å². The molecular formula is C14H19F3N2O2S. The zero-order valence-electron chi connectivity index (χ0n) is 12.4. The molecule has 0 aliphatic heterocycles. The van der Waals surface area contributed by atoms with Crippen LogP contribution >= 0.6 is 11.8 Å². The number of hydrogen-bond acceptors (Lipinski definition) is 4. The summed E-state index contributed by atoms with van der Waals surface area (Å²) in [6.07, 6.45) is -2.25. The van der Waals surface area contributed by atoms with Gasteiger partial charge in [-0.3, -0.25) is 4.79 Å². The number of likely N-dealkylation sites (N-methyl/N-ethyl adjacent to an activating group) is 1. The first-order chi connectivity index (χ1) is 10.2. The highest BCUT2D eigenvalue weighted by Crippen LogP contribution is 2.23. The topological polar surface area (TPSA) is 55.6 Å². The molecule has 1 aromatic rings. The summed E-state index contributed by atoms with van der Waals surface area (Å²) in [5.74, 6) is 0.226. The van der Waals surface area contributed by atoms with E-state index >= 15 is 0 Å². The Morgan fingerprint density at radius 2 is 2.14 bits per heavy atom. The second-order valence-corrected chi connectivity index (χ2v) is 5.76. The van der Waals surface area contributed by atoms with Gasteiger partial charge >= 0.3 is 6.36 Å². The molecule has 124 valence electrons. The van der Waals surface area contributed by atoms with E-state index in [9.17, 15) is 18.0 Å². The smallest absolute Gasteiger partial charge is 0.406 e. The Labute approximate surface area is 131 Å². The number of benzene rings is 1. The average molecular weight is 336 g/mol. The van der Waals surface area contributed by atoms with Crippen molar-refractivity contribution in [3.63, 3.8) is 0 Å². The Balaban J connectivity index is 2.66. The monoisotopic (exact) mass is 336 g/mol. The largest absolute Gasteiger partial charge is 0.573 e. The third-order valence-electron chi connectivity index (χ3n) is 2.88. The number of hydrogen-bond donors (Lipinski definition) is 1. The number of nitrogens with zero attached hydrogens (tertiary/aromatic N) is 1. The molecule has 0 spiro atoms. The molecule has 0 unspecified atom stereocenters. The molecule has 0 aliphatic carbocycles. The van der Waals surface area contributed by atoms with Crippen molar-refractivity contribution in [2.24, 2.45) is 5.73 Å². The van der Waals surface area contributed by atoms with Crippen molar-refractivity contribution in [1.29, 1.82) is 0 Å². The minimum Gasteiger partial charge on any atom is -0.406 e. The molecule has 1 amide bonds. The van der Waals surface area contributed by atoms with Gasteiger partial charge in [-0.15, -0.1) is 13.2 Å². The molecule has 1 rings (SSSR count). The summed E-state index contributed by atoms with van der Waals surface area (Å²) in [5.41, 5.74) is 6.33. The maximum absolute atomic E-state index is 12.2. The molecule has 0 radical (unpaired) electrons. The van der Waals surface area contributed by atoms with Crippen molar-refractivity contribution in [3.05, 3.63) is 29.8 Å². The lowest BCUT2D eigenvalue weighted by Crippen LogP contribution is -2.41. The Morgan fingerprint density at radius 1 is 1.45 bits per heavy atom. The number of ether oxygens (including phenoxy) is 1. The number of alkyl halides is 3. The molecular weight excluding hydrogens is 317 g/mol. The molecule has 1 atom stereocenters. The lowest BCUT2D eigenvalue weighted by Gasteiger charge is -2.21. The van der Waals surface area contributed by atoms with E-state index in [0.29, 0.717) is 12.0 Å².